The van der Waals surface area contributed by atoms with E-state index in [1.807, 2.05) is 25.1 Å². The van der Waals surface area contributed by atoms with Crippen LogP contribution in [0.25, 0.3) is 0 Å². The van der Waals surface area contributed by atoms with Crippen LogP contribution in [-0.2, 0) is 13.2 Å². The molecule has 0 radical (unpaired) electrons. The molecule has 2 aromatic carbocycles. The first-order valence-electron chi connectivity index (χ1n) is 11.0. The second-order valence-corrected chi connectivity index (χ2v) is 9.70. The number of aryl methyl sites for hydroxylation is 1. The summed E-state index contributed by atoms with van der Waals surface area (Å²) in [5.41, 5.74) is 3.43. The lowest BCUT2D eigenvalue weighted by Gasteiger charge is -2.15. The average molecular weight is 533 g/mol. The van der Waals surface area contributed by atoms with Gasteiger partial charge in [-0.3, -0.25) is 9.48 Å². The number of hydrogen-bond acceptors (Lipinski definition) is 4. The quantitative estimate of drug-likeness (QED) is 0.252. The van der Waals surface area contributed by atoms with Crippen LogP contribution < -0.4 is 10.1 Å². The Balaban J connectivity index is 1.37. The molecule has 0 saturated carbocycles. The maximum absolute atomic E-state index is 12.6. The third-order valence-corrected chi connectivity index (χ3v) is 6.53. The van der Waals surface area contributed by atoms with Crippen molar-refractivity contribution < 1.29 is 13.9 Å². The van der Waals surface area contributed by atoms with Gasteiger partial charge in [-0.05, 0) is 65.9 Å². The third kappa shape index (κ3) is 6.20. The third-order valence-electron chi connectivity index (χ3n) is 5.39. The highest BCUT2D eigenvalue weighted by Gasteiger charge is 2.15. The number of anilines is 1. The standard InChI is InChI=1S/C26H24Cl3N3O3/c1-15(2)20-10-22(28)16(3)8-25(20)34-14-19-5-7-24(35-19)26(33)31-18-11-30-32(13-18)12-17-4-6-21(27)23(29)9-17/h4-11,13,15H,12,14H2,1-3H3,(H,31,33). The van der Waals surface area contributed by atoms with Gasteiger partial charge in [0.25, 0.3) is 5.91 Å². The molecule has 0 saturated heterocycles. The highest BCUT2D eigenvalue weighted by atomic mass is 35.5. The number of furan rings is 1. The molecule has 6 nitrogen and oxygen atoms in total. The lowest BCUT2D eigenvalue weighted by atomic mass is 10.0. The van der Waals surface area contributed by atoms with E-state index in [0.29, 0.717) is 33.1 Å². The SMILES string of the molecule is Cc1cc(OCc2ccc(C(=O)Nc3cnn(Cc4ccc(Cl)c(Cl)c4)c3)o2)c(C(C)C)cc1Cl. The summed E-state index contributed by atoms with van der Waals surface area (Å²) in [6.45, 7) is 6.76. The van der Waals surface area contributed by atoms with Gasteiger partial charge in [-0.2, -0.15) is 5.10 Å². The first-order chi connectivity index (χ1) is 16.7. The molecule has 1 amide bonds. The van der Waals surface area contributed by atoms with Gasteiger partial charge in [0.1, 0.15) is 18.1 Å². The van der Waals surface area contributed by atoms with Gasteiger partial charge in [-0.1, -0.05) is 54.7 Å². The molecule has 2 heterocycles. The maximum atomic E-state index is 12.6. The molecule has 9 heteroatoms. The molecule has 1 N–H and O–H groups in total. The molecule has 0 fully saturated rings. The minimum absolute atomic E-state index is 0.178. The number of aromatic nitrogens is 2. The van der Waals surface area contributed by atoms with Gasteiger partial charge in [0.05, 0.1) is 28.5 Å². The van der Waals surface area contributed by atoms with Crippen molar-refractivity contribution in [2.24, 2.45) is 0 Å². The van der Waals surface area contributed by atoms with Crippen LogP contribution in [-0.4, -0.2) is 15.7 Å². The summed E-state index contributed by atoms with van der Waals surface area (Å²) >= 11 is 18.3. The highest BCUT2D eigenvalue weighted by molar-refractivity contribution is 6.42. The fraction of sp³-hybridized carbons (Fsp3) is 0.231. The number of rotatable bonds is 8. The molecule has 0 aliphatic rings. The van der Waals surface area contributed by atoms with Crippen LogP contribution in [0.2, 0.25) is 15.1 Å². The van der Waals surface area contributed by atoms with E-state index < -0.39 is 0 Å². The Bertz CT molecular complexity index is 1360. The van der Waals surface area contributed by atoms with Crippen LogP contribution in [0.1, 0.15) is 52.8 Å². The van der Waals surface area contributed by atoms with E-state index in [1.54, 1.807) is 41.3 Å². The molecule has 35 heavy (non-hydrogen) atoms. The monoisotopic (exact) mass is 531 g/mol. The molecule has 0 bridgehead atoms. The lowest BCUT2D eigenvalue weighted by Crippen LogP contribution is -2.10. The van der Waals surface area contributed by atoms with E-state index in [1.165, 1.54) is 0 Å². The zero-order valence-electron chi connectivity index (χ0n) is 19.4. The molecule has 0 unspecified atom stereocenters. The van der Waals surface area contributed by atoms with Crippen molar-refractivity contribution in [1.82, 2.24) is 9.78 Å². The van der Waals surface area contributed by atoms with E-state index in [-0.39, 0.29) is 24.2 Å². The molecular weight excluding hydrogens is 509 g/mol. The molecule has 0 atom stereocenters. The number of carbonyl (C=O) groups is 1. The summed E-state index contributed by atoms with van der Waals surface area (Å²) in [6.07, 6.45) is 3.29. The Kier molecular flexibility index (Phi) is 7.75. The first kappa shape index (κ1) is 25.2. The highest BCUT2D eigenvalue weighted by Crippen LogP contribution is 2.32. The largest absolute Gasteiger partial charge is 0.485 e. The molecule has 0 spiro atoms. The van der Waals surface area contributed by atoms with Gasteiger partial charge in [0, 0.05) is 11.2 Å². The van der Waals surface area contributed by atoms with Gasteiger partial charge in [0.2, 0.25) is 0 Å². The van der Waals surface area contributed by atoms with Gasteiger partial charge >= 0.3 is 0 Å². The Labute approximate surface area is 218 Å². The molecule has 2 aromatic heterocycles. The summed E-state index contributed by atoms with van der Waals surface area (Å²) in [5, 5.41) is 8.75. The van der Waals surface area contributed by atoms with E-state index in [2.05, 4.69) is 24.3 Å². The second-order valence-electron chi connectivity index (χ2n) is 8.48. The predicted molar refractivity (Wildman–Crippen MR) is 139 cm³/mol. The summed E-state index contributed by atoms with van der Waals surface area (Å²) in [7, 11) is 0. The van der Waals surface area contributed by atoms with Crippen LogP contribution in [0.15, 0.2) is 59.3 Å². The summed E-state index contributed by atoms with van der Waals surface area (Å²) in [5.74, 6) is 1.33. The fourth-order valence-electron chi connectivity index (χ4n) is 3.51. The minimum Gasteiger partial charge on any atom is -0.485 e. The van der Waals surface area contributed by atoms with Gasteiger partial charge < -0.3 is 14.5 Å². The molecular formula is C26H24Cl3N3O3. The van der Waals surface area contributed by atoms with Crippen molar-refractivity contribution in [2.75, 3.05) is 5.32 Å². The molecule has 0 aliphatic heterocycles. The predicted octanol–water partition coefficient (Wildman–Crippen LogP) is 7.75. The minimum atomic E-state index is -0.379. The van der Waals surface area contributed by atoms with Crippen LogP contribution in [0.3, 0.4) is 0 Å². The average Bonchev–Trinajstić information content (AvgIpc) is 3.46. The van der Waals surface area contributed by atoms with Gasteiger partial charge in [0.15, 0.2) is 5.76 Å². The van der Waals surface area contributed by atoms with E-state index in [0.717, 1.165) is 22.4 Å². The van der Waals surface area contributed by atoms with Crippen molar-refractivity contribution in [3.8, 4) is 5.75 Å². The van der Waals surface area contributed by atoms with E-state index in [4.69, 9.17) is 44.0 Å². The van der Waals surface area contributed by atoms with E-state index in [9.17, 15) is 4.79 Å². The van der Waals surface area contributed by atoms with Crippen LogP contribution in [0, 0.1) is 6.92 Å². The zero-order valence-corrected chi connectivity index (χ0v) is 21.7. The number of ether oxygens (including phenoxy) is 1. The Morgan fingerprint density at radius 2 is 1.89 bits per heavy atom. The second kappa shape index (κ2) is 10.8. The van der Waals surface area contributed by atoms with Gasteiger partial charge in [-0.25, -0.2) is 0 Å². The molecule has 182 valence electrons. The van der Waals surface area contributed by atoms with E-state index >= 15 is 0 Å². The summed E-state index contributed by atoms with van der Waals surface area (Å²) in [4.78, 5) is 12.6. The lowest BCUT2D eigenvalue weighted by molar-refractivity contribution is 0.0992. The Hall–Kier alpha value is -2.93. The van der Waals surface area contributed by atoms with Crippen molar-refractivity contribution in [2.45, 2.75) is 39.8 Å². The number of carbonyl (C=O) groups excluding carboxylic acids is 1. The topological polar surface area (TPSA) is 69.3 Å². The number of hydrogen-bond donors (Lipinski definition) is 1. The summed E-state index contributed by atoms with van der Waals surface area (Å²) < 4.78 is 13.4. The van der Waals surface area contributed by atoms with Gasteiger partial charge in [-0.15, -0.1) is 0 Å². The fourth-order valence-corrected chi connectivity index (χ4v) is 4.00. The molecule has 4 rings (SSSR count). The molecule has 4 aromatic rings. The maximum Gasteiger partial charge on any atom is 0.291 e. The number of nitrogens with one attached hydrogen (secondary N) is 1. The number of nitrogens with zero attached hydrogens (tertiary/aromatic N) is 2. The van der Waals surface area contributed by atoms with Crippen molar-refractivity contribution in [1.29, 1.82) is 0 Å². The Morgan fingerprint density at radius 1 is 1.09 bits per heavy atom. The number of amides is 1. The molecule has 0 aliphatic carbocycles. The van der Waals surface area contributed by atoms with Crippen molar-refractivity contribution in [3.63, 3.8) is 0 Å². The normalized spacial score (nSPS) is 11.2. The van der Waals surface area contributed by atoms with Crippen molar-refractivity contribution >= 4 is 46.4 Å². The van der Waals surface area contributed by atoms with Crippen LogP contribution in [0.5, 0.6) is 5.75 Å². The number of benzene rings is 2. The van der Waals surface area contributed by atoms with Crippen LogP contribution >= 0.6 is 34.8 Å². The summed E-state index contributed by atoms with van der Waals surface area (Å²) in [6, 6.07) is 12.6. The Morgan fingerprint density at radius 3 is 2.63 bits per heavy atom. The first-order valence-corrected chi connectivity index (χ1v) is 12.1. The smallest absolute Gasteiger partial charge is 0.291 e. The van der Waals surface area contributed by atoms with Crippen molar-refractivity contribution in [3.05, 3.63) is 98.1 Å². The zero-order chi connectivity index (χ0) is 25.1. The number of halogens is 3. The van der Waals surface area contributed by atoms with Crippen LogP contribution in [0.4, 0.5) is 5.69 Å².